The largest absolute Gasteiger partial charge is 0.350 e. The summed E-state index contributed by atoms with van der Waals surface area (Å²) in [6.07, 6.45) is 0. The number of rotatable bonds is 5. The molecule has 3 rings (SSSR count). The number of hydrogen-bond donors (Lipinski definition) is 2. The highest BCUT2D eigenvalue weighted by Crippen LogP contribution is 2.25. The summed E-state index contributed by atoms with van der Waals surface area (Å²) in [5.41, 5.74) is 0.869. The molecular weight excluding hydrogens is 364 g/mol. The number of nitrogens with one attached hydrogen (secondary N) is 2. The van der Waals surface area contributed by atoms with Crippen LogP contribution in [0.15, 0.2) is 41.8 Å². The third-order valence-electron chi connectivity index (χ3n) is 3.62. The van der Waals surface area contributed by atoms with Crippen LogP contribution in [-0.2, 0) is 11.3 Å². The Morgan fingerprint density at radius 3 is 2.92 bits per heavy atom. The first kappa shape index (κ1) is 16.9. The zero-order chi connectivity index (χ0) is 17.1. The monoisotopic (exact) mass is 378 g/mol. The average molecular weight is 379 g/mol. The Morgan fingerprint density at radius 2 is 2.21 bits per heavy atom. The molecule has 2 aromatic heterocycles. The molecule has 0 aliphatic rings. The number of halogens is 1. The van der Waals surface area contributed by atoms with Crippen molar-refractivity contribution in [2.75, 3.05) is 0 Å². The molecule has 0 bridgehead atoms. The van der Waals surface area contributed by atoms with Crippen LogP contribution in [0.1, 0.15) is 18.5 Å². The fraction of sp³-hybridized carbons (Fsp3) is 0.188. The summed E-state index contributed by atoms with van der Waals surface area (Å²) in [5, 5.41) is 12.5. The molecule has 1 amide bonds. The SMILES string of the molecule is CC(C(=O)NCc1ccccc1Cl)n1c(-c2cccs2)n[nH]c1=S. The molecule has 0 spiro atoms. The summed E-state index contributed by atoms with van der Waals surface area (Å²) in [7, 11) is 0. The molecular formula is C16H15ClN4OS2. The van der Waals surface area contributed by atoms with E-state index in [2.05, 4.69) is 15.5 Å². The van der Waals surface area contributed by atoms with E-state index in [4.69, 9.17) is 23.8 Å². The Labute approximate surface area is 153 Å². The topological polar surface area (TPSA) is 62.7 Å². The molecule has 0 aliphatic heterocycles. The third kappa shape index (κ3) is 3.43. The lowest BCUT2D eigenvalue weighted by molar-refractivity contribution is -0.124. The van der Waals surface area contributed by atoms with Gasteiger partial charge in [-0.3, -0.25) is 14.5 Å². The van der Waals surface area contributed by atoms with Gasteiger partial charge in [0.2, 0.25) is 5.91 Å². The lowest BCUT2D eigenvalue weighted by Crippen LogP contribution is -2.31. The number of aromatic amines is 1. The Hall–Kier alpha value is -1.96. The molecule has 5 nitrogen and oxygen atoms in total. The Morgan fingerprint density at radius 1 is 1.42 bits per heavy atom. The maximum Gasteiger partial charge on any atom is 0.243 e. The number of thiophene rings is 1. The van der Waals surface area contributed by atoms with E-state index >= 15 is 0 Å². The third-order valence-corrected chi connectivity index (χ3v) is 5.15. The van der Waals surface area contributed by atoms with Gasteiger partial charge in [-0.2, -0.15) is 5.10 Å². The van der Waals surface area contributed by atoms with Gasteiger partial charge in [-0.15, -0.1) is 11.3 Å². The molecule has 24 heavy (non-hydrogen) atoms. The van der Waals surface area contributed by atoms with Crippen molar-refractivity contribution in [2.45, 2.75) is 19.5 Å². The molecule has 3 aromatic rings. The number of hydrogen-bond acceptors (Lipinski definition) is 4. The molecule has 0 saturated carbocycles. The smallest absolute Gasteiger partial charge is 0.243 e. The number of H-pyrrole nitrogens is 1. The highest BCUT2D eigenvalue weighted by atomic mass is 35.5. The van der Waals surface area contributed by atoms with E-state index in [1.54, 1.807) is 28.9 Å². The van der Waals surface area contributed by atoms with Gasteiger partial charge in [0.25, 0.3) is 0 Å². The molecule has 2 N–H and O–H groups in total. The van der Waals surface area contributed by atoms with Crippen LogP contribution < -0.4 is 5.32 Å². The van der Waals surface area contributed by atoms with Crippen LogP contribution >= 0.6 is 35.2 Å². The second kappa shape index (κ2) is 7.29. The second-order valence-electron chi connectivity index (χ2n) is 5.18. The van der Waals surface area contributed by atoms with Gasteiger partial charge >= 0.3 is 0 Å². The zero-order valence-electron chi connectivity index (χ0n) is 12.8. The van der Waals surface area contributed by atoms with Crippen molar-refractivity contribution < 1.29 is 4.79 Å². The minimum atomic E-state index is -0.490. The Balaban J connectivity index is 1.78. The summed E-state index contributed by atoms with van der Waals surface area (Å²) >= 11 is 13.0. The molecule has 1 atom stereocenters. The van der Waals surface area contributed by atoms with Gasteiger partial charge in [0.15, 0.2) is 10.6 Å². The quantitative estimate of drug-likeness (QED) is 0.654. The van der Waals surface area contributed by atoms with Crippen molar-refractivity contribution in [1.82, 2.24) is 20.1 Å². The van der Waals surface area contributed by atoms with Crippen LogP contribution in [0, 0.1) is 4.77 Å². The van der Waals surface area contributed by atoms with E-state index < -0.39 is 6.04 Å². The Kier molecular flexibility index (Phi) is 5.13. The number of nitrogens with zero attached hydrogens (tertiary/aromatic N) is 2. The van der Waals surface area contributed by atoms with E-state index in [0.717, 1.165) is 10.4 Å². The number of benzene rings is 1. The van der Waals surface area contributed by atoms with Gasteiger partial charge in [0, 0.05) is 11.6 Å². The molecule has 1 aromatic carbocycles. The standard InChI is InChI=1S/C16H15ClN4OS2/c1-10(15(22)18-9-11-5-2-3-6-12(11)17)21-14(19-20-16(21)23)13-7-4-8-24-13/h2-8,10H,9H2,1H3,(H,18,22)(H,20,23). The molecule has 2 heterocycles. The summed E-state index contributed by atoms with van der Waals surface area (Å²) < 4.78 is 2.14. The average Bonchev–Trinajstić information content (AvgIpc) is 3.22. The van der Waals surface area contributed by atoms with Crippen molar-refractivity contribution in [3.05, 3.63) is 57.1 Å². The van der Waals surface area contributed by atoms with Crippen molar-refractivity contribution in [2.24, 2.45) is 0 Å². The second-order valence-corrected chi connectivity index (χ2v) is 6.93. The highest BCUT2D eigenvalue weighted by Gasteiger charge is 2.21. The van der Waals surface area contributed by atoms with Gasteiger partial charge in [0.05, 0.1) is 4.88 Å². The fourth-order valence-electron chi connectivity index (χ4n) is 2.33. The van der Waals surface area contributed by atoms with Crippen LogP contribution in [0.25, 0.3) is 10.7 Å². The molecule has 0 radical (unpaired) electrons. The minimum absolute atomic E-state index is 0.148. The predicted octanol–water partition coefficient (Wildman–Crippen LogP) is 4.20. The fourth-order valence-corrected chi connectivity index (χ4v) is 3.54. The molecule has 0 aliphatic carbocycles. The van der Waals surface area contributed by atoms with E-state index in [0.29, 0.717) is 22.2 Å². The maximum absolute atomic E-state index is 12.5. The molecule has 0 saturated heterocycles. The number of carbonyl (C=O) groups excluding carboxylic acids is 1. The zero-order valence-corrected chi connectivity index (χ0v) is 15.2. The Bertz CT molecular complexity index is 901. The van der Waals surface area contributed by atoms with Crippen molar-refractivity contribution >= 4 is 41.1 Å². The minimum Gasteiger partial charge on any atom is -0.350 e. The van der Waals surface area contributed by atoms with E-state index in [1.807, 2.05) is 35.7 Å². The summed E-state index contributed by atoms with van der Waals surface area (Å²) in [6, 6.07) is 10.8. The van der Waals surface area contributed by atoms with Gasteiger partial charge in [-0.05, 0) is 42.2 Å². The van der Waals surface area contributed by atoms with Gasteiger partial charge < -0.3 is 5.32 Å². The highest BCUT2D eigenvalue weighted by molar-refractivity contribution is 7.71. The summed E-state index contributed by atoms with van der Waals surface area (Å²) in [6.45, 7) is 2.16. The van der Waals surface area contributed by atoms with Crippen LogP contribution in [-0.4, -0.2) is 20.7 Å². The number of aromatic nitrogens is 3. The number of carbonyl (C=O) groups is 1. The summed E-state index contributed by atoms with van der Waals surface area (Å²) in [5.74, 6) is 0.514. The molecule has 0 fully saturated rings. The predicted molar refractivity (Wildman–Crippen MR) is 98.7 cm³/mol. The molecule has 124 valence electrons. The first-order valence-electron chi connectivity index (χ1n) is 7.30. The maximum atomic E-state index is 12.5. The van der Waals surface area contributed by atoms with Gasteiger partial charge in [-0.1, -0.05) is 35.9 Å². The lowest BCUT2D eigenvalue weighted by atomic mass is 10.2. The first-order chi connectivity index (χ1) is 11.6. The molecule has 8 heteroatoms. The van der Waals surface area contributed by atoms with Crippen molar-refractivity contribution in [1.29, 1.82) is 0 Å². The normalized spacial score (nSPS) is 12.1. The lowest BCUT2D eigenvalue weighted by Gasteiger charge is -2.15. The van der Waals surface area contributed by atoms with E-state index in [1.165, 1.54) is 0 Å². The van der Waals surface area contributed by atoms with Gasteiger partial charge in [-0.25, -0.2) is 0 Å². The van der Waals surface area contributed by atoms with E-state index in [9.17, 15) is 4.79 Å². The van der Waals surface area contributed by atoms with Crippen molar-refractivity contribution in [3.63, 3.8) is 0 Å². The van der Waals surface area contributed by atoms with Crippen LogP contribution in [0.3, 0.4) is 0 Å². The van der Waals surface area contributed by atoms with Crippen LogP contribution in [0.5, 0.6) is 0 Å². The van der Waals surface area contributed by atoms with Gasteiger partial charge in [0.1, 0.15) is 6.04 Å². The first-order valence-corrected chi connectivity index (χ1v) is 8.96. The van der Waals surface area contributed by atoms with Crippen molar-refractivity contribution in [3.8, 4) is 10.7 Å². The number of amides is 1. The van der Waals surface area contributed by atoms with Crippen LogP contribution in [0.4, 0.5) is 0 Å². The summed E-state index contributed by atoms with van der Waals surface area (Å²) in [4.78, 5) is 13.5. The van der Waals surface area contributed by atoms with Crippen LogP contribution in [0.2, 0.25) is 5.02 Å². The van der Waals surface area contributed by atoms with E-state index in [-0.39, 0.29) is 5.91 Å². The molecule has 1 unspecified atom stereocenters.